The van der Waals surface area contributed by atoms with Gasteiger partial charge in [-0.25, -0.2) is 4.79 Å². The third kappa shape index (κ3) is 6.71. The van der Waals surface area contributed by atoms with E-state index in [1.54, 1.807) is 6.92 Å². The SMILES string of the molecule is CC#CCNC(=O)NCC(CCC)C(=O)O. The minimum atomic E-state index is -0.879. The molecule has 90 valence electrons. The van der Waals surface area contributed by atoms with Crippen molar-refractivity contribution in [2.45, 2.75) is 26.7 Å². The molecule has 0 aliphatic carbocycles. The first-order valence-corrected chi connectivity index (χ1v) is 5.25. The summed E-state index contributed by atoms with van der Waals surface area (Å²) in [6.07, 6.45) is 1.34. The first kappa shape index (κ1) is 14.3. The van der Waals surface area contributed by atoms with Gasteiger partial charge in [0.05, 0.1) is 12.5 Å². The Labute approximate surface area is 95.6 Å². The van der Waals surface area contributed by atoms with Gasteiger partial charge in [-0.3, -0.25) is 4.79 Å². The van der Waals surface area contributed by atoms with Crippen molar-refractivity contribution >= 4 is 12.0 Å². The molecule has 0 aromatic carbocycles. The Hall–Kier alpha value is -1.70. The number of carbonyl (C=O) groups is 2. The van der Waals surface area contributed by atoms with Crippen molar-refractivity contribution in [3.63, 3.8) is 0 Å². The lowest BCUT2D eigenvalue weighted by Crippen LogP contribution is -2.40. The van der Waals surface area contributed by atoms with E-state index in [1.165, 1.54) is 0 Å². The van der Waals surface area contributed by atoms with Gasteiger partial charge < -0.3 is 15.7 Å². The maximum absolute atomic E-state index is 11.2. The fourth-order valence-electron chi connectivity index (χ4n) is 1.15. The Morgan fingerprint density at radius 1 is 1.38 bits per heavy atom. The van der Waals surface area contributed by atoms with Crippen LogP contribution in [-0.2, 0) is 4.79 Å². The zero-order valence-electron chi connectivity index (χ0n) is 9.67. The number of carboxylic acids is 1. The summed E-state index contributed by atoms with van der Waals surface area (Å²) in [6.45, 7) is 4.01. The molecule has 0 aliphatic rings. The lowest BCUT2D eigenvalue weighted by Gasteiger charge is -2.12. The van der Waals surface area contributed by atoms with Crippen molar-refractivity contribution in [1.82, 2.24) is 10.6 Å². The van der Waals surface area contributed by atoms with E-state index in [-0.39, 0.29) is 19.1 Å². The van der Waals surface area contributed by atoms with E-state index < -0.39 is 11.9 Å². The molecule has 5 nitrogen and oxygen atoms in total. The van der Waals surface area contributed by atoms with Gasteiger partial charge in [0.15, 0.2) is 0 Å². The molecule has 0 saturated heterocycles. The van der Waals surface area contributed by atoms with Crippen LogP contribution in [0.15, 0.2) is 0 Å². The summed E-state index contributed by atoms with van der Waals surface area (Å²) in [5, 5.41) is 13.8. The van der Waals surface area contributed by atoms with Gasteiger partial charge in [-0.1, -0.05) is 19.3 Å². The van der Waals surface area contributed by atoms with Crippen LogP contribution in [0.1, 0.15) is 26.7 Å². The molecule has 3 N–H and O–H groups in total. The Kier molecular flexibility index (Phi) is 7.68. The van der Waals surface area contributed by atoms with Crippen molar-refractivity contribution in [3.8, 4) is 11.8 Å². The van der Waals surface area contributed by atoms with Crippen LogP contribution in [0.4, 0.5) is 4.79 Å². The number of rotatable bonds is 6. The van der Waals surface area contributed by atoms with Gasteiger partial charge in [0.2, 0.25) is 0 Å². The van der Waals surface area contributed by atoms with E-state index in [0.29, 0.717) is 6.42 Å². The molecule has 1 atom stereocenters. The first-order valence-electron chi connectivity index (χ1n) is 5.25. The highest BCUT2D eigenvalue weighted by molar-refractivity contribution is 5.76. The molecule has 1 unspecified atom stereocenters. The molecule has 0 heterocycles. The standard InChI is InChI=1S/C11H18N2O3/c1-3-5-7-12-11(16)13-8-9(6-4-2)10(14)15/h9H,4,6-8H2,1-2H3,(H,14,15)(H2,12,13,16). The third-order valence-corrected chi connectivity index (χ3v) is 2.01. The van der Waals surface area contributed by atoms with Crippen molar-refractivity contribution in [3.05, 3.63) is 0 Å². The highest BCUT2D eigenvalue weighted by Gasteiger charge is 2.16. The summed E-state index contributed by atoms with van der Waals surface area (Å²) >= 11 is 0. The molecule has 0 spiro atoms. The van der Waals surface area contributed by atoms with Crippen molar-refractivity contribution in [1.29, 1.82) is 0 Å². The largest absolute Gasteiger partial charge is 0.481 e. The maximum Gasteiger partial charge on any atom is 0.315 e. The van der Waals surface area contributed by atoms with Crippen molar-refractivity contribution < 1.29 is 14.7 Å². The van der Waals surface area contributed by atoms with Crippen LogP contribution >= 0.6 is 0 Å². The predicted octanol–water partition coefficient (Wildman–Crippen LogP) is 0.810. The number of hydrogen-bond acceptors (Lipinski definition) is 2. The molecule has 0 aromatic heterocycles. The van der Waals surface area contributed by atoms with Crippen molar-refractivity contribution in [2.75, 3.05) is 13.1 Å². The smallest absolute Gasteiger partial charge is 0.315 e. The number of hydrogen-bond donors (Lipinski definition) is 3. The first-order chi connectivity index (χ1) is 7.61. The molecule has 0 bridgehead atoms. The summed E-state index contributed by atoms with van der Waals surface area (Å²) in [5.41, 5.74) is 0. The van der Waals surface area contributed by atoms with Gasteiger partial charge in [-0.05, 0) is 13.3 Å². The second-order valence-electron chi connectivity index (χ2n) is 3.31. The van der Waals surface area contributed by atoms with E-state index in [1.807, 2.05) is 6.92 Å². The third-order valence-electron chi connectivity index (χ3n) is 2.01. The topological polar surface area (TPSA) is 78.4 Å². The van der Waals surface area contributed by atoms with Crippen LogP contribution in [0.5, 0.6) is 0 Å². The van der Waals surface area contributed by atoms with Gasteiger partial charge in [0.25, 0.3) is 0 Å². The average Bonchev–Trinajstić information content (AvgIpc) is 2.24. The summed E-state index contributed by atoms with van der Waals surface area (Å²) in [4.78, 5) is 21.9. The zero-order chi connectivity index (χ0) is 12.4. The molecular weight excluding hydrogens is 208 g/mol. The number of amides is 2. The molecule has 0 radical (unpaired) electrons. The molecule has 0 aliphatic heterocycles. The highest BCUT2D eigenvalue weighted by atomic mass is 16.4. The maximum atomic E-state index is 11.2. The molecular formula is C11H18N2O3. The summed E-state index contributed by atoms with van der Waals surface area (Å²) in [5.74, 6) is 3.92. The quantitative estimate of drug-likeness (QED) is 0.586. The highest BCUT2D eigenvalue weighted by Crippen LogP contribution is 2.04. The molecule has 0 saturated carbocycles. The van der Waals surface area contributed by atoms with E-state index in [2.05, 4.69) is 22.5 Å². The van der Waals surface area contributed by atoms with E-state index in [9.17, 15) is 9.59 Å². The van der Waals surface area contributed by atoms with Crippen molar-refractivity contribution in [2.24, 2.45) is 5.92 Å². The summed E-state index contributed by atoms with van der Waals surface area (Å²) < 4.78 is 0. The predicted molar refractivity (Wildman–Crippen MR) is 60.9 cm³/mol. The Balaban J connectivity index is 3.85. The van der Waals surface area contributed by atoms with Gasteiger partial charge in [-0.2, -0.15) is 0 Å². The molecule has 2 amide bonds. The van der Waals surface area contributed by atoms with Gasteiger partial charge in [-0.15, -0.1) is 5.92 Å². The molecule has 5 heteroatoms. The number of nitrogens with one attached hydrogen (secondary N) is 2. The van der Waals surface area contributed by atoms with Gasteiger partial charge >= 0.3 is 12.0 Å². The fourth-order valence-corrected chi connectivity index (χ4v) is 1.15. The number of carbonyl (C=O) groups excluding carboxylic acids is 1. The number of carboxylic acid groups (broad SMARTS) is 1. The second kappa shape index (κ2) is 8.60. The molecule has 0 rings (SSSR count). The number of aliphatic carboxylic acids is 1. The summed E-state index contributed by atoms with van der Waals surface area (Å²) in [6, 6.07) is -0.384. The molecule has 16 heavy (non-hydrogen) atoms. The Bertz CT molecular complexity index is 291. The number of urea groups is 1. The lowest BCUT2D eigenvalue weighted by atomic mass is 10.0. The molecule has 0 aromatic rings. The second-order valence-corrected chi connectivity index (χ2v) is 3.31. The lowest BCUT2D eigenvalue weighted by molar-refractivity contribution is -0.141. The fraction of sp³-hybridized carbons (Fsp3) is 0.636. The van der Waals surface area contributed by atoms with E-state index in [0.717, 1.165) is 6.42 Å². The average molecular weight is 226 g/mol. The minimum absolute atomic E-state index is 0.147. The van der Waals surface area contributed by atoms with Gasteiger partial charge in [0, 0.05) is 6.54 Å². The monoisotopic (exact) mass is 226 g/mol. The van der Waals surface area contributed by atoms with Crippen LogP contribution in [0.2, 0.25) is 0 Å². The van der Waals surface area contributed by atoms with Crippen LogP contribution in [-0.4, -0.2) is 30.2 Å². The minimum Gasteiger partial charge on any atom is -0.481 e. The van der Waals surface area contributed by atoms with E-state index in [4.69, 9.17) is 5.11 Å². The normalized spacial score (nSPS) is 10.9. The summed E-state index contributed by atoms with van der Waals surface area (Å²) in [7, 11) is 0. The zero-order valence-corrected chi connectivity index (χ0v) is 9.67. The van der Waals surface area contributed by atoms with Crippen LogP contribution in [0.3, 0.4) is 0 Å². The Morgan fingerprint density at radius 2 is 2.06 bits per heavy atom. The van der Waals surface area contributed by atoms with E-state index >= 15 is 0 Å². The molecule has 0 fully saturated rings. The Morgan fingerprint density at radius 3 is 2.56 bits per heavy atom. The van der Waals surface area contributed by atoms with Crippen LogP contribution in [0, 0.1) is 17.8 Å². The van der Waals surface area contributed by atoms with Gasteiger partial charge in [0.1, 0.15) is 0 Å². The van der Waals surface area contributed by atoms with Crippen LogP contribution < -0.4 is 10.6 Å². The van der Waals surface area contributed by atoms with Crippen LogP contribution in [0.25, 0.3) is 0 Å².